The number of ether oxygens (including phenoxy) is 1. The highest BCUT2D eigenvalue weighted by atomic mass is 16.5. The highest BCUT2D eigenvalue weighted by Gasteiger charge is 2.22. The van der Waals surface area contributed by atoms with Crippen LogP contribution in [0.5, 0.6) is 0 Å². The number of hydrogen-bond donors (Lipinski definition) is 3. The minimum Gasteiger partial charge on any atom is -0.373 e. The van der Waals surface area contributed by atoms with E-state index in [1.165, 1.54) is 7.11 Å². The van der Waals surface area contributed by atoms with Crippen LogP contribution in [0.15, 0.2) is 60.7 Å². The number of nitrogens with zero attached hydrogens (tertiary/aromatic N) is 2. The molecule has 0 aliphatic carbocycles. The number of nitrogens with one attached hydrogen (secondary N) is 1. The Labute approximate surface area is 153 Å². The molecule has 136 valence electrons. The summed E-state index contributed by atoms with van der Waals surface area (Å²) in [6.45, 7) is 2.28. The van der Waals surface area contributed by atoms with Gasteiger partial charge in [0.25, 0.3) is 0 Å². The minimum atomic E-state index is -0.941. The standard InChI is InChI=1S/C20H24N4O2/c1-14-18(20(25)22-13-17(21)26-2)23-24(16-11-7-4-8-12-16)19(14)15-9-5-3-6-10-15/h3-12,17,20,22,25H,13,21H2,1-2H3. The fourth-order valence-electron chi connectivity index (χ4n) is 2.87. The van der Waals surface area contributed by atoms with E-state index in [-0.39, 0.29) is 0 Å². The van der Waals surface area contributed by atoms with Crippen LogP contribution < -0.4 is 11.1 Å². The third-order valence-electron chi connectivity index (χ3n) is 4.28. The van der Waals surface area contributed by atoms with Crippen LogP contribution in [0.1, 0.15) is 17.5 Å². The highest BCUT2D eigenvalue weighted by molar-refractivity contribution is 5.67. The van der Waals surface area contributed by atoms with Gasteiger partial charge in [-0.05, 0) is 19.1 Å². The van der Waals surface area contributed by atoms with E-state index >= 15 is 0 Å². The first-order valence-electron chi connectivity index (χ1n) is 8.52. The van der Waals surface area contributed by atoms with Gasteiger partial charge in [-0.3, -0.25) is 5.32 Å². The second-order valence-corrected chi connectivity index (χ2v) is 6.06. The van der Waals surface area contributed by atoms with E-state index in [2.05, 4.69) is 10.4 Å². The van der Waals surface area contributed by atoms with Crippen molar-refractivity contribution >= 4 is 0 Å². The maximum absolute atomic E-state index is 10.6. The second-order valence-electron chi connectivity index (χ2n) is 6.06. The molecule has 4 N–H and O–H groups in total. The summed E-state index contributed by atoms with van der Waals surface area (Å²) in [7, 11) is 1.53. The summed E-state index contributed by atoms with van der Waals surface area (Å²) in [6, 6.07) is 19.9. The van der Waals surface area contributed by atoms with Gasteiger partial charge >= 0.3 is 0 Å². The quantitative estimate of drug-likeness (QED) is 0.569. The molecule has 0 fully saturated rings. The lowest BCUT2D eigenvalue weighted by Crippen LogP contribution is -2.37. The number of aliphatic hydroxyl groups excluding tert-OH is 1. The van der Waals surface area contributed by atoms with E-state index in [9.17, 15) is 5.11 Å². The Morgan fingerprint density at radius 3 is 2.35 bits per heavy atom. The van der Waals surface area contributed by atoms with E-state index < -0.39 is 12.5 Å². The highest BCUT2D eigenvalue weighted by Crippen LogP contribution is 2.30. The molecule has 2 aromatic carbocycles. The monoisotopic (exact) mass is 352 g/mol. The van der Waals surface area contributed by atoms with Crippen LogP contribution >= 0.6 is 0 Å². The van der Waals surface area contributed by atoms with Gasteiger partial charge in [-0.2, -0.15) is 5.10 Å². The predicted octanol–water partition coefficient (Wildman–Crippen LogP) is 2.36. The van der Waals surface area contributed by atoms with Crippen LogP contribution in [0.2, 0.25) is 0 Å². The van der Waals surface area contributed by atoms with Gasteiger partial charge in [0, 0.05) is 24.8 Å². The van der Waals surface area contributed by atoms with Crippen molar-refractivity contribution in [1.82, 2.24) is 15.1 Å². The van der Waals surface area contributed by atoms with E-state index in [0.717, 1.165) is 22.5 Å². The average Bonchev–Trinajstić information content (AvgIpc) is 3.04. The topological polar surface area (TPSA) is 85.3 Å². The summed E-state index contributed by atoms with van der Waals surface area (Å²) in [5.41, 5.74) is 10.1. The van der Waals surface area contributed by atoms with Gasteiger partial charge in [0.1, 0.15) is 18.1 Å². The maximum atomic E-state index is 10.6. The Bertz CT molecular complexity index is 834. The summed E-state index contributed by atoms with van der Waals surface area (Å²) >= 11 is 0. The third kappa shape index (κ3) is 3.84. The van der Waals surface area contributed by atoms with Crippen molar-refractivity contribution in [1.29, 1.82) is 0 Å². The van der Waals surface area contributed by atoms with Gasteiger partial charge in [-0.25, -0.2) is 4.68 Å². The first-order chi connectivity index (χ1) is 12.6. The number of para-hydroxylation sites is 1. The zero-order chi connectivity index (χ0) is 18.5. The Morgan fingerprint density at radius 1 is 1.12 bits per heavy atom. The molecular weight excluding hydrogens is 328 g/mol. The summed E-state index contributed by atoms with van der Waals surface area (Å²) in [6.07, 6.45) is -1.43. The van der Waals surface area contributed by atoms with Crippen molar-refractivity contribution in [2.24, 2.45) is 5.73 Å². The van der Waals surface area contributed by atoms with Gasteiger partial charge in [-0.1, -0.05) is 48.5 Å². The van der Waals surface area contributed by atoms with Gasteiger partial charge in [0.15, 0.2) is 0 Å². The third-order valence-corrected chi connectivity index (χ3v) is 4.28. The summed E-state index contributed by atoms with van der Waals surface area (Å²) in [4.78, 5) is 0. The SMILES string of the molecule is COC(N)CNC(O)c1nn(-c2ccccc2)c(-c2ccccc2)c1C. The number of hydrogen-bond acceptors (Lipinski definition) is 5. The summed E-state index contributed by atoms with van der Waals surface area (Å²) < 4.78 is 6.88. The Morgan fingerprint density at radius 2 is 1.73 bits per heavy atom. The fraction of sp³-hybridized carbons (Fsp3) is 0.250. The Balaban J connectivity index is 2.03. The molecule has 6 heteroatoms. The minimum absolute atomic E-state index is 0.315. The van der Waals surface area contributed by atoms with Gasteiger partial charge in [0.2, 0.25) is 0 Å². The van der Waals surface area contributed by atoms with E-state index in [4.69, 9.17) is 10.5 Å². The predicted molar refractivity (Wildman–Crippen MR) is 102 cm³/mol. The number of methoxy groups -OCH3 is 1. The smallest absolute Gasteiger partial charge is 0.150 e. The molecule has 0 aliphatic heterocycles. The van der Waals surface area contributed by atoms with Crippen molar-refractivity contribution in [2.75, 3.05) is 13.7 Å². The molecule has 2 atom stereocenters. The first-order valence-corrected chi connectivity index (χ1v) is 8.52. The van der Waals surface area contributed by atoms with Crippen LogP contribution in [0.3, 0.4) is 0 Å². The zero-order valence-electron chi connectivity index (χ0n) is 15.0. The normalized spacial score (nSPS) is 13.5. The molecule has 6 nitrogen and oxygen atoms in total. The van der Waals surface area contributed by atoms with Gasteiger partial charge in [-0.15, -0.1) is 0 Å². The maximum Gasteiger partial charge on any atom is 0.150 e. The van der Waals surface area contributed by atoms with Crippen molar-refractivity contribution in [3.63, 3.8) is 0 Å². The lowest BCUT2D eigenvalue weighted by Gasteiger charge is -2.15. The van der Waals surface area contributed by atoms with Gasteiger partial charge < -0.3 is 15.6 Å². The molecule has 3 aromatic rings. The van der Waals surface area contributed by atoms with Crippen molar-refractivity contribution in [2.45, 2.75) is 19.4 Å². The fourth-order valence-corrected chi connectivity index (χ4v) is 2.87. The number of aromatic nitrogens is 2. The molecule has 2 unspecified atom stereocenters. The lowest BCUT2D eigenvalue weighted by molar-refractivity contribution is 0.0726. The molecule has 0 saturated heterocycles. The average molecular weight is 352 g/mol. The van der Waals surface area contributed by atoms with Crippen LogP contribution in [-0.4, -0.2) is 34.8 Å². The van der Waals surface area contributed by atoms with Gasteiger partial charge in [0.05, 0.1) is 11.4 Å². The van der Waals surface area contributed by atoms with Crippen molar-refractivity contribution < 1.29 is 9.84 Å². The Kier molecular flexibility index (Phi) is 5.80. The van der Waals surface area contributed by atoms with Crippen molar-refractivity contribution in [3.05, 3.63) is 71.9 Å². The molecule has 3 rings (SSSR count). The Hall–Kier alpha value is -2.51. The molecule has 0 radical (unpaired) electrons. The lowest BCUT2D eigenvalue weighted by atomic mass is 10.1. The van der Waals surface area contributed by atoms with Crippen LogP contribution in [-0.2, 0) is 4.74 Å². The molecule has 1 aromatic heterocycles. The van der Waals surface area contributed by atoms with E-state index in [0.29, 0.717) is 12.2 Å². The molecule has 0 aliphatic rings. The number of aliphatic hydroxyl groups is 1. The summed E-state index contributed by atoms with van der Waals surface area (Å²) in [5.74, 6) is 0. The molecule has 0 bridgehead atoms. The number of nitrogens with two attached hydrogens (primary N) is 1. The van der Waals surface area contributed by atoms with Crippen LogP contribution in [0, 0.1) is 6.92 Å². The molecule has 1 heterocycles. The number of rotatable bonds is 7. The molecule has 0 amide bonds. The largest absolute Gasteiger partial charge is 0.373 e. The first kappa shape index (κ1) is 18.3. The van der Waals surface area contributed by atoms with Crippen LogP contribution in [0.25, 0.3) is 16.9 Å². The molecule has 0 saturated carbocycles. The van der Waals surface area contributed by atoms with Crippen LogP contribution in [0.4, 0.5) is 0 Å². The van der Waals surface area contributed by atoms with E-state index in [1.807, 2.05) is 72.3 Å². The van der Waals surface area contributed by atoms with E-state index in [1.54, 1.807) is 0 Å². The molecular formula is C20H24N4O2. The number of benzene rings is 2. The summed E-state index contributed by atoms with van der Waals surface area (Å²) in [5, 5.41) is 18.2. The second kappa shape index (κ2) is 8.25. The zero-order valence-corrected chi connectivity index (χ0v) is 15.0. The van der Waals surface area contributed by atoms with Crippen molar-refractivity contribution in [3.8, 4) is 16.9 Å². The molecule has 0 spiro atoms. The molecule has 26 heavy (non-hydrogen) atoms.